The van der Waals surface area contributed by atoms with Crippen molar-refractivity contribution in [2.24, 2.45) is 0 Å². The molecular formula is C19H20N8. The number of nitrogens with zero attached hydrogens (tertiary/aromatic N) is 7. The molecule has 0 aromatic carbocycles. The molecule has 8 nitrogen and oxygen atoms in total. The molecule has 0 spiro atoms. The molecule has 0 saturated carbocycles. The molecule has 1 aliphatic heterocycles. The van der Waals surface area contributed by atoms with Crippen LogP contribution in [0, 0.1) is 0 Å². The summed E-state index contributed by atoms with van der Waals surface area (Å²) < 4.78 is 2.25. The lowest BCUT2D eigenvalue weighted by atomic mass is 9.97. The molecule has 8 heteroatoms. The Bertz CT molecular complexity index is 1040. The van der Waals surface area contributed by atoms with Gasteiger partial charge < -0.3 is 14.5 Å². The van der Waals surface area contributed by atoms with Crippen molar-refractivity contribution in [2.75, 3.05) is 18.0 Å². The number of anilines is 1. The SMILES string of the molecule is c1cc(Cn2ccnc2C2CCCN(c3ncnc4nc[nH]c34)C2)ccn1. The van der Waals surface area contributed by atoms with Gasteiger partial charge in [-0.2, -0.15) is 0 Å². The number of nitrogens with one attached hydrogen (secondary N) is 1. The molecule has 5 rings (SSSR count). The Balaban J connectivity index is 1.41. The summed E-state index contributed by atoms with van der Waals surface area (Å²) in [5.74, 6) is 2.42. The maximum absolute atomic E-state index is 4.68. The highest BCUT2D eigenvalue weighted by Crippen LogP contribution is 2.30. The van der Waals surface area contributed by atoms with E-state index in [0.29, 0.717) is 11.6 Å². The molecule has 1 fully saturated rings. The van der Waals surface area contributed by atoms with Gasteiger partial charge in [-0.25, -0.2) is 19.9 Å². The summed E-state index contributed by atoms with van der Waals surface area (Å²) in [4.78, 5) is 27.3. The first-order chi connectivity index (χ1) is 13.4. The van der Waals surface area contributed by atoms with Crippen LogP contribution in [-0.4, -0.2) is 47.6 Å². The average Bonchev–Trinajstić information content (AvgIpc) is 3.38. The third-order valence-electron chi connectivity index (χ3n) is 5.14. The van der Waals surface area contributed by atoms with Crippen LogP contribution < -0.4 is 4.90 Å². The Kier molecular flexibility index (Phi) is 4.00. The topological polar surface area (TPSA) is 88.4 Å². The minimum Gasteiger partial charge on any atom is -0.354 e. The lowest BCUT2D eigenvalue weighted by Crippen LogP contribution is -2.36. The molecule has 5 heterocycles. The maximum atomic E-state index is 4.68. The predicted molar refractivity (Wildman–Crippen MR) is 101 cm³/mol. The van der Waals surface area contributed by atoms with Gasteiger partial charge in [-0.15, -0.1) is 0 Å². The lowest BCUT2D eigenvalue weighted by Gasteiger charge is -2.33. The Morgan fingerprint density at radius 3 is 2.93 bits per heavy atom. The molecule has 136 valence electrons. The van der Waals surface area contributed by atoms with Crippen molar-refractivity contribution >= 4 is 17.0 Å². The molecular weight excluding hydrogens is 340 g/mol. The third-order valence-corrected chi connectivity index (χ3v) is 5.14. The number of pyridine rings is 1. The molecule has 1 unspecified atom stereocenters. The largest absolute Gasteiger partial charge is 0.354 e. The summed E-state index contributed by atoms with van der Waals surface area (Å²) in [5, 5.41) is 0. The van der Waals surface area contributed by atoms with Crippen molar-refractivity contribution in [1.82, 2.24) is 34.5 Å². The highest BCUT2D eigenvalue weighted by Gasteiger charge is 2.27. The smallest absolute Gasteiger partial charge is 0.182 e. The molecule has 1 aliphatic rings. The zero-order valence-electron chi connectivity index (χ0n) is 14.9. The zero-order chi connectivity index (χ0) is 18.1. The van der Waals surface area contributed by atoms with E-state index >= 15 is 0 Å². The minimum atomic E-state index is 0.364. The summed E-state index contributed by atoms with van der Waals surface area (Å²) in [6, 6.07) is 4.10. The van der Waals surface area contributed by atoms with Gasteiger partial charge in [0.05, 0.1) is 6.33 Å². The van der Waals surface area contributed by atoms with Gasteiger partial charge in [0, 0.05) is 50.3 Å². The van der Waals surface area contributed by atoms with Gasteiger partial charge in [0.25, 0.3) is 0 Å². The van der Waals surface area contributed by atoms with Crippen LogP contribution in [0.4, 0.5) is 5.82 Å². The number of aromatic nitrogens is 7. The van der Waals surface area contributed by atoms with Crippen LogP contribution in [0.15, 0.2) is 49.6 Å². The van der Waals surface area contributed by atoms with Gasteiger partial charge in [-0.05, 0) is 30.5 Å². The van der Waals surface area contributed by atoms with Crippen molar-refractivity contribution in [3.8, 4) is 0 Å². The van der Waals surface area contributed by atoms with Gasteiger partial charge in [0.2, 0.25) is 0 Å². The first-order valence-electron chi connectivity index (χ1n) is 9.17. The van der Waals surface area contributed by atoms with Crippen LogP contribution in [0.25, 0.3) is 11.2 Å². The molecule has 0 radical (unpaired) electrons. The van der Waals surface area contributed by atoms with Crippen molar-refractivity contribution < 1.29 is 0 Å². The van der Waals surface area contributed by atoms with E-state index in [2.05, 4.69) is 45.6 Å². The van der Waals surface area contributed by atoms with Gasteiger partial charge in [0.1, 0.15) is 17.7 Å². The van der Waals surface area contributed by atoms with Gasteiger partial charge >= 0.3 is 0 Å². The van der Waals surface area contributed by atoms with Crippen molar-refractivity contribution in [1.29, 1.82) is 0 Å². The number of hydrogen-bond donors (Lipinski definition) is 1. The molecule has 27 heavy (non-hydrogen) atoms. The van der Waals surface area contributed by atoms with E-state index < -0.39 is 0 Å². The Morgan fingerprint density at radius 1 is 1.07 bits per heavy atom. The normalized spacial score (nSPS) is 17.5. The highest BCUT2D eigenvalue weighted by atomic mass is 15.2. The van der Waals surface area contributed by atoms with Crippen LogP contribution >= 0.6 is 0 Å². The predicted octanol–water partition coefficient (Wildman–Crippen LogP) is 2.38. The summed E-state index contributed by atoms with van der Waals surface area (Å²) >= 11 is 0. The second-order valence-electron chi connectivity index (χ2n) is 6.85. The maximum Gasteiger partial charge on any atom is 0.182 e. The molecule has 4 aromatic rings. The summed E-state index contributed by atoms with van der Waals surface area (Å²) in [5.41, 5.74) is 2.84. The number of hydrogen-bond acceptors (Lipinski definition) is 6. The van der Waals surface area contributed by atoms with E-state index in [1.54, 1.807) is 12.7 Å². The van der Waals surface area contributed by atoms with Crippen LogP contribution in [0.1, 0.15) is 30.1 Å². The number of rotatable bonds is 4. The first kappa shape index (κ1) is 15.9. The Hall–Kier alpha value is -3.29. The van der Waals surface area contributed by atoms with E-state index in [4.69, 9.17) is 0 Å². The summed E-state index contributed by atoms with van der Waals surface area (Å²) in [6.07, 6.45) is 13.1. The second kappa shape index (κ2) is 6.79. The Labute approximate surface area is 156 Å². The van der Waals surface area contributed by atoms with Crippen LogP contribution in [0.2, 0.25) is 0 Å². The van der Waals surface area contributed by atoms with Gasteiger partial charge in [-0.3, -0.25) is 4.98 Å². The molecule has 0 bridgehead atoms. The fourth-order valence-electron chi connectivity index (χ4n) is 3.87. The van der Waals surface area contributed by atoms with Gasteiger partial charge in [0.15, 0.2) is 11.5 Å². The third kappa shape index (κ3) is 3.03. The monoisotopic (exact) mass is 360 g/mol. The van der Waals surface area contributed by atoms with Gasteiger partial charge in [-0.1, -0.05) is 0 Å². The number of imidazole rings is 2. The van der Waals surface area contributed by atoms with E-state index in [-0.39, 0.29) is 0 Å². The average molecular weight is 360 g/mol. The molecule has 4 aromatic heterocycles. The van der Waals surface area contributed by atoms with E-state index in [9.17, 15) is 0 Å². The highest BCUT2D eigenvalue weighted by molar-refractivity contribution is 5.82. The number of fused-ring (bicyclic) bond motifs is 1. The molecule has 0 aliphatic carbocycles. The van der Waals surface area contributed by atoms with E-state index in [1.807, 2.05) is 30.7 Å². The second-order valence-corrected chi connectivity index (χ2v) is 6.85. The zero-order valence-corrected chi connectivity index (χ0v) is 14.9. The lowest BCUT2D eigenvalue weighted by molar-refractivity contribution is 0.474. The molecule has 1 saturated heterocycles. The number of piperidine rings is 1. The fourth-order valence-corrected chi connectivity index (χ4v) is 3.87. The van der Waals surface area contributed by atoms with Crippen LogP contribution in [0.5, 0.6) is 0 Å². The fraction of sp³-hybridized carbons (Fsp3) is 0.316. The Morgan fingerprint density at radius 2 is 2.00 bits per heavy atom. The van der Waals surface area contributed by atoms with Crippen molar-refractivity contribution in [2.45, 2.75) is 25.3 Å². The number of H-pyrrole nitrogens is 1. The van der Waals surface area contributed by atoms with Crippen molar-refractivity contribution in [3.63, 3.8) is 0 Å². The van der Waals surface area contributed by atoms with Crippen LogP contribution in [-0.2, 0) is 6.54 Å². The standard InChI is InChI=1S/C19H20N8/c1-2-15(18-21-7-9-27(18)10-14-3-5-20-6-4-14)11-26(8-1)19-16-17(23-12-22-16)24-13-25-19/h3-7,9,12-13,15H,1-2,8,10-11H2,(H,22,23,24,25). The quantitative estimate of drug-likeness (QED) is 0.601. The summed E-state index contributed by atoms with van der Waals surface area (Å²) in [7, 11) is 0. The van der Waals surface area contributed by atoms with Crippen molar-refractivity contribution in [3.05, 3.63) is 61.0 Å². The summed E-state index contributed by atoms with van der Waals surface area (Å²) in [6.45, 7) is 2.68. The molecule has 1 atom stereocenters. The van der Waals surface area contributed by atoms with Crippen LogP contribution in [0.3, 0.4) is 0 Å². The number of aromatic amines is 1. The first-order valence-corrected chi connectivity index (χ1v) is 9.17. The molecule has 1 N–H and O–H groups in total. The van der Waals surface area contributed by atoms with E-state index in [0.717, 1.165) is 49.6 Å². The molecule has 0 amide bonds. The minimum absolute atomic E-state index is 0.364. The van der Waals surface area contributed by atoms with E-state index in [1.165, 1.54) is 5.56 Å².